The number of ether oxygens (including phenoxy) is 2. The van der Waals surface area contributed by atoms with Crippen LogP contribution < -0.4 is 19.8 Å². The van der Waals surface area contributed by atoms with Crippen LogP contribution in [0.3, 0.4) is 0 Å². The van der Waals surface area contributed by atoms with Crippen LogP contribution in [0, 0.1) is 39.6 Å². The van der Waals surface area contributed by atoms with Gasteiger partial charge < -0.3 is 14.6 Å². The lowest BCUT2D eigenvalue weighted by Gasteiger charge is -2.50. The van der Waals surface area contributed by atoms with E-state index in [1.807, 2.05) is 6.08 Å². The average molecular weight is 767 g/mol. The number of benzene rings is 4. The van der Waals surface area contributed by atoms with Crippen molar-refractivity contribution in [2.45, 2.75) is 24.2 Å². The van der Waals surface area contributed by atoms with Gasteiger partial charge in [0.15, 0.2) is 11.5 Å². The number of phenolic OH excluding ortho intramolecular Hbond substituents is 1. The fourth-order valence-corrected chi connectivity index (χ4v) is 9.21. The van der Waals surface area contributed by atoms with Gasteiger partial charge in [0.25, 0.3) is 17.5 Å². The summed E-state index contributed by atoms with van der Waals surface area (Å²) in [6, 6.07) is 20.0. The lowest BCUT2D eigenvalue weighted by molar-refractivity contribution is -0.384. The van der Waals surface area contributed by atoms with Gasteiger partial charge in [0.2, 0.25) is 17.6 Å². The molecule has 4 aliphatic rings. The maximum absolute atomic E-state index is 15.3. The van der Waals surface area contributed by atoms with E-state index in [1.165, 1.54) is 62.8 Å². The number of non-ortho nitro benzene ring substituents is 1. The monoisotopic (exact) mass is 766 g/mol. The molecular weight excluding hydrogens is 735 g/mol. The van der Waals surface area contributed by atoms with Gasteiger partial charge in [-0.05, 0) is 90.6 Å². The topological polar surface area (TPSA) is 169 Å². The molecule has 2 aliphatic carbocycles. The normalized spacial score (nSPS) is 25.6. The van der Waals surface area contributed by atoms with Crippen LogP contribution in [0.2, 0.25) is 5.02 Å². The van der Waals surface area contributed by atoms with Crippen molar-refractivity contribution in [3.8, 4) is 17.2 Å². The number of halogens is 2. The van der Waals surface area contributed by atoms with Crippen molar-refractivity contribution in [3.63, 3.8) is 0 Å². The highest BCUT2D eigenvalue weighted by Gasteiger charge is 2.70. The predicted octanol–water partition coefficient (Wildman–Crippen LogP) is 6.30. The quantitative estimate of drug-likeness (QED) is 0.0899. The van der Waals surface area contributed by atoms with Crippen molar-refractivity contribution < 1.29 is 43.1 Å². The summed E-state index contributed by atoms with van der Waals surface area (Å²) < 4.78 is 25.0. The van der Waals surface area contributed by atoms with E-state index in [1.54, 1.807) is 36.4 Å². The van der Waals surface area contributed by atoms with E-state index in [0.717, 1.165) is 9.91 Å². The number of hydrogen-bond acceptors (Lipinski definition) is 10. The van der Waals surface area contributed by atoms with Crippen LogP contribution in [0.15, 0.2) is 96.6 Å². The first-order valence-electron chi connectivity index (χ1n) is 17.3. The maximum atomic E-state index is 15.3. The van der Waals surface area contributed by atoms with Gasteiger partial charge in [0, 0.05) is 23.1 Å². The van der Waals surface area contributed by atoms with Crippen LogP contribution in [0.5, 0.6) is 17.2 Å². The number of allylic oxidation sites excluding steroid dienone is 2. The summed E-state index contributed by atoms with van der Waals surface area (Å²) in [5.74, 6) is -7.62. The third kappa shape index (κ3) is 5.34. The van der Waals surface area contributed by atoms with Gasteiger partial charge in [-0.2, -0.15) is 5.01 Å². The molecule has 0 aromatic heterocycles. The van der Waals surface area contributed by atoms with E-state index in [9.17, 15) is 34.0 Å². The Hall–Kier alpha value is -6.28. The molecule has 4 aromatic carbocycles. The number of imide groups is 2. The van der Waals surface area contributed by atoms with Crippen molar-refractivity contribution in [3.05, 3.63) is 129 Å². The van der Waals surface area contributed by atoms with Crippen molar-refractivity contribution in [2.75, 3.05) is 24.5 Å². The molecule has 3 fully saturated rings. The van der Waals surface area contributed by atoms with E-state index in [2.05, 4.69) is 5.43 Å². The molecule has 15 heteroatoms. The summed E-state index contributed by atoms with van der Waals surface area (Å²) in [6.45, 7) is 0. The SMILES string of the molecule is COc1cc([C@H]2C3=CC[C@@H]4C(=O)N(c5ccc([N+](=O)[O-])cc5)C(=O)[C@@H]4[C@@H]3C[C@H]3C(=O)N(Nc4ccc(F)cc4)C(=O)[C@@]23c2ccc(Cl)cc2)cc(OC)c1O. The molecule has 280 valence electrons. The molecule has 0 bridgehead atoms. The maximum Gasteiger partial charge on any atom is 0.269 e. The molecule has 0 radical (unpaired) electrons. The van der Waals surface area contributed by atoms with E-state index < -0.39 is 69.4 Å². The zero-order chi connectivity index (χ0) is 38.9. The largest absolute Gasteiger partial charge is 0.502 e. The van der Waals surface area contributed by atoms with E-state index >= 15 is 4.79 Å². The number of nitrogens with zero attached hydrogens (tertiary/aromatic N) is 3. The van der Waals surface area contributed by atoms with Crippen molar-refractivity contribution in [1.82, 2.24) is 5.01 Å². The minimum atomic E-state index is -1.68. The summed E-state index contributed by atoms with van der Waals surface area (Å²) in [6.07, 6.45) is 1.96. The minimum Gasteiger partial charge on any atom is -0.502 e. The number of methoxy groups -OCH3 is 2. The van der Waals surface area contributed by atoms with Crippen LogP contribution in [0.4, 0.5) is 21.5 Å². The molecule has 1 saturated carbocycles. The first-order valence-corrected chi connectivity index (χ1v) is 17.7. The molecule has 4 amide bonds. The molecule has 6 atom stereocenters. The number of fused-ring (bicyclic) bond motifs is 4. The van der Waals surface area contributed by atoms with Crippen LogP contribution in [0.25, 0.3) is 0 Å². The molecule has 2 saturated heterocycles. The smallest absolute Gasteiger partial charge is 0.269 e. The van der Waals surface area contributed by atoms with Crippen molar-refractivity contribution in [2.24, 2.45) is 23.7 Å². The van der Waals surface area contributed by atoms with Crippen LogP contribution in [-0.4, -0.2) is 52.9 Å². The minimum absolute atomic E-state index is 0.0161. The zero-order valence-corrected chi connectivity index (χ0v) is 30.0. The standard InChI is InChI=1S/C40H32ClFN4O9/c1-54-31-17-20(18-32(55-2)35(31)47)34-27-15-16-28-33(38(50)44(36(28)48)25-11-13-26(14-12-25)46(52)53)29(27)19-30-37(49)45(43-24-9-7-23(42)8-10-24)39(51)40(30,34)21-3-5-22(41)6-4-21/h3-15,17-18,28-30,33-34,43,47H,16,19H2,1-2H3/t28-,29+,30-,33-,34-,40+/m0/s1. The number of carbonyl (C=O) groups excluding carboxylic acids is 4. The van der Waals surface area contributed by atoms with E-state index in [-0.39, 0.29) is 47.2 Å². The van der Waals surface area contributed by atoms with Crippen LogP contribution in [-0.2, 0) is 24.6 Å². The van der Waals surface area contributed by atoms with Gasteiger partial charge in [-0.3, -0.25) is 39.6 Å². The van der Waals surface area contributed by atoms with Crippen LogP contribution >= 0.6 is 11.6 Å². The number of rotatable bonds is 8. The number of anilines is 2. The highest BCUT2D eigenvalue weighted by Crippen LogP contribution is 2.65. The number of amides is 4. The lowest BCUT2D eigenvalue weighted by Crippen LogP contribution is -2.53. The van der Waals surface area contributed by atoms with Gasteiger partial charge >= 0.3 is 0 Å². The number of nitrogens with one attached hydrogen (secondary N) is 1. The van der Waals surface area contributed by atoms with E-state index in [4.69, 9.17) is 21.1 Å². The molecule has 2 heterocycles. The molecule has 8 rings (SSSR count). The highest BCUT2D eigenvalue weighted by atomic mass is 35.5. The zero-order valence-electron chi connectivity index (χ0n) is 29.3. The first-order chi connectivity index (χ1) is 26.4. The lowest BCUT2D eigenvalue weighted by atomic mass is 9.49. The van der Waals surface area contributed by atoms with Crippen molar-refractivity contribution in [1.29, 1.82) is 0 Å². The Morgan fingerprint density at radius 1 is 0.891 bits per heavy atom. The molecule has 2 N–H and O–H groups in total. The summed E-state index contributed by atoms with van der Waals surface area (Å²) >= 11 is 6.36. The molecule has 0 spiro atoms. The molecular formula is C40H32ClFN4O9. The molecule has 55 heavy (non-hydrogen) atoms. The summed E-state index contributed by atoms with van der Waals surface area (Å²) in [5, 5.41) is 23.6. The Morgan fingerprint density at radius 2 is 1.53 bits per heavy atom. The fraction of sp³-hybridized carbons (Fsp3) is 0.250. The molecule has 0 unspecified atom stereocenters. The third-order valence-corrected chi connectivity index (χ3v) is 11.7. The Morgan fingerprint density at radius 3 is 2.13 bits per heavy atom. The Balaban J connectivity index is 1.33. The summed E-state index contributed by atoms with van der Waals surface area (Å²) in [5.41, 5.74) is 2.95. The van der Waals surface area contributed by atoms with Gasteiger partial charge in [0.1, 0.15) is 5.82 Å². The van der Waals surface area contributed by atoms with Gasteiger partial charge in [-0.25, -0.2) is 4.39 Å². The molecule has 2 aliphatic heterocycles. The third-order valence-electron chi connectivity index (χ3n) is 11.4. The number of phenols is 1. The molecule has 4 aromatic rings. The average Bonchev–Trinajstić information content (AvgIpc) is 3.56. The second-order valence-corrected chi connectivity index (χ2v) is 14.4. The molecule has 13 nitrogen and oxygen atoms in total. The highest BCUT2D eigenvalue weighted by molar-refractivity contribution is 6.30. The number of hydrogen-bond donors (Lipinski definition) is 2. The number of nitro benzene ring substituents is 1. The second-order valence-electron chi connectivity index (χ2n) is 13.9. The first kappa shape index (κ1) is 35.7. The predicted molar refractivity (Wildman–Crippen MR) is 196 cm³/mol. The van der Waals surface area contributed by atoms with Crippen LogP contribution in [0.1, 0.15) is 29.9 Å². The number of aromatic hydroxyl groups is 1. The summed E-state index contributed by atoms with van der Waals surface area (Å²) in [7, 11) is 2.72. The van der Waals surface area contributed by atoms with E-state index in [0.29, 0.717) is 21.7 Å². The number of nitro groups is 1. The fourth-order valence-electron chi connectivity index (χ4n) is 9.09. The second kappa shape index (κ2) is 13.2. The van der Waals surface area contributed by atoms with Crippen molar-refractivity contribution >= 4 is 52.3 Å². The Labute approximate surface area is 318 Å². The van der Waals surface area contributed by atoms with Gasteiger partial charge in [0.05, 0.1) is 53.7 Å². The Kier molecular flexibility index (Phi) is 8.60. The number of carbonyl (C=O) groups is 4. The number of hydrazine groups is 1. The Bertz CT molecular complexity index is 2290. The summed E-state index contributed by atoms with van der Waals surface area (Å²) in [4.78, 5) is 70.6. The van der Waals surface area contributed by atoms with Gasteiger partial charge in [-0.15, -0.1) is 0 Å². The van der Waals surface area contributed by atoms with Gasteiger partial charge in [-0.1, -0.05) is 35.4 Å².